The van der Waals surface area contributed by atoms with Crippen LogP contribution in [0.1, 0.15) is 13.0 Å². The number of nitrogens with one attached hydrogen (secondary N) is 1. The molecule has 3 nitrogen and oxygen atoms in total. The van der Waals surface area contributed by atoms with Gasteiger partial charge in [-0.05, 0) is 19.1 Å². The third kappa shape index (κ3) is 0.813. The van der Waals surface area contributed by atoms with Crippen molar-refractivity contribution in [3.63, 3.8) is 0 Å². The standard InChI is InChI=1S/C10H11N3/c1-7-6-11-10-12-8-4-2-3-5-9(8)13(7)10/h2-5,7H,6H2,1H3,(H,11,12)/t7-/m0/s1. The zero-order valence-corrected chi connectivity index (χ0v) is 7.49. The Morgan fingerprint density at radius 1 is 1.46 bits per heavy atom. The van der Waals surface area contributed by atoms with Gasteiger partial charge < -0.3 is 9.88 Å². The smallest absolute Gasteiger partial charge is 0.204 e. The number of hydrogen-bond acceptors (Lipinski definition) is 2. The lowest BCUT2D eigenvalue weighted by Crippen LogP contribution is -2.02. The number of aromatic nitrogens is 2. The molecule has 0 aliphatic carbocycles. The average Bonchev–Trinajstić information content (AvgIpc) is 2.66. The van der Waals surface area contributed by atoms with Gasteiger partial charge in [0, 0.05) is 6.54 Å². The Labute approximate surface area is 76.4 Å². The van der Waals surface area contributed by atoms with E-state index < -0.39 is 0 Å². The number of benzene rings is 1. The molecule has 13 heavy (non-hydrogen) atoms. The van der Waals surface area contributed by atoms with Crippen LogP contribution in [0.15, 0.2) is 24.3 Å². The van der Waals surface area contributed by atoms with Crippen molar-refractivity contribution in [1.82, 2.24) is 9.55 Å². The minimum atomic E-state index is 0.516. The van der Waals surface area contributed by atoms with Gasteiger partial charge in [-0.1, -0.05) is 12.1 Å². The Morgan fingerprint density at radius 2 is 2.31 bits per heavy atom. The van der Waals surface area contributed by atoms with Crippen LogP contribution in [0.2, 0.25) is 0 Å². The predicted octanol–water partition coefficient (Wildman–Crippen LogP) is 2.02. The molecule has 3 heteroatoms. The second kappa shape index (κ2) is 2.25. The van der Waals surface area contributed by atoms with Crippen LogP contribution in [0.5, 0.6) is 0 Å². The third-order valence-corrected chi connectivity index (χ3v) is 2.59. The minimum absolute atomic E-state index is 0.516. The molecule has 2 heterocycles. The fourth-order valence-corrected chi connectivity index (χ4v) is 1.95. The van der Waals surface area contributed by atoms with E-state index in [1.165, 1.54) is 5.52 Å². The first kappa shape index (κ1) is 6.95. The molecule has 0 fully saturated rings. The van der Waals surface area contributed by atoms with Crippen molar-refractivity contribution in [3.05, 3.63) is 24.3 Å². The molecule has 0 unspecified atom stereocenters. The molecule has 0 radical (unpaired) electrons. The van der Waals surface area contributed by atoms with E-state index in [9.17, 15) is 0 Å². The Hall–Kier alpha value is -1.51. The lowest BCUT2D eigenvalue weighted by Gasteiger charge is -2.04. The Balaban J connectivity index is 2.40. The highest BCUT2D eigenvalue weighted by atomic mass is 15.3. The summed E-state index contributed by atoms with van der Waals surface area (Å²) in [6.07, 6.45) is 0. The summed E-state index contributed by atoms with van der Waals surface area (Å²) in [6, 6.07) is 8.77. The number of anilines is 1. The fraction of sp³-hybridized carbons (Fsp3) is 0.300. The van der Waals surface area contributed by atoms with E-state index in [0.717, 1.165) is 18.0 Å². The monoisotopic (exact) mass is 173 g/mol. The van der Waals surface area contributed by atoms with Crippen LogP contribution in [0.4, 0.5) is 5.95 Å². The van der Waals surface area contributed by atoms with Crippen LogP contribution in [0.25, 0.3) is 11.0 Å². The Morgan fingerprint density at radius 3 is 3.23 bits per heavy atom. The van der Waals surface area contributed by atoms with Crippen molar-refractivity contribution in [2.45, 2.75) is 13.0 Å². The van der Waals surface area contributed by atoms with Crippen molar-refractivity contribution < 1.29 is 0 Å². The molecule has 1 aliphatic heterocycles. The topological polar surface area (TPSA) is 29.9 Å². The number of fused-ring (bicyclic) bond motifs is 3. The maximum absolute atomic E-state index is 4.50. The van der Waals surface area contributed by atoms with Crippen molar-refractivity contribution in [2.24, 2.45) is 0 Å². The van der Waals surface area contributed by atoms with E-state index in [2.05, 4.69) is 40.0 Å². The lowest BCUT2D eigenvalue weighted by molar-refractivity contribution is 0.649. The van der Waals surface area contributed by atoms with Gasteiger partial charge in [-0.15, -0.1) is 0 Å². The van der Waals surface area contributed by atoms with Crippen LogP contribution >= 0.6 is 0 Å². The normalized spacial score (nSPS) is 20.2. The van der Waals surface area contributed by atoms with Crippen LogP contribution in [0.3, 0.4) is 0 Å². The third-order valence-electron chi connectivity index (χ3n) is 2.59. The van der Waals surface area contributed by atoms with Gasteiger partial charge in [0.15, 0.2) is 0 Å². The summed E-state index contributed by atoms with van der Waals surface area (Å²) in [6.45, 7) is 3.20. The molecule has 1 aromatic heterocycles. The van der Waals surface area contributed by atoms with Gasteiger partial charge in [-0.25, -0.2) is 4.98 Å². The summed E-state index contributed by atoms with van der Waals surface area (Å²) < 4.78 is 2.26. The molecule has 1 aromatic carbocycles. The minimum Gasteiger partial charge on any atom is -0.354 e. The molecule has 1 aliphatic rings. The van der Waals surface area contributed by atoms with E-state index in [4.69, 9.17) is 0 Å². The number of para-hydroxylation sites is 2. The highest BCUT2D eigenvalue weighted by molar-refractivity contribution is 5.79. The summed E-state index contributed by atoms with van der Waals surface area (Å²) in [5.74, 6) is 1.01. The molecule has 3 rings (SSSR count). The maximum Gasteiger partial charge on any atom is 0.204 e. The molecule has 0 saturated heterocycles. The number of hydrogen-bond donors (Lipinski definition) is 1. The van der Waals surface area contributed by atoms with Crippen molar-refractivity contribution in [1.29, 1.82) is 0 Å². The number of imidazole rings is 1. The largest absolute Gasteiger partial charge is 0.354 e. The SMILES string of the molecule is C[C@H]1CNc2nc3ccccc3n21. The van der Waals surface area contributed by atoms with Gasteiger partial charge in [0.05, 0.1) is 17.1 Å². The first-order chi connectivity index (χ1) is 6.36. The van der Waals surface area contributed by atoms with Crippen molar-refractivity contribution in [2.75, 3.05) is 11.9 Å². The highest BCUT2D eigenvalue weighted by Gasteiger charge is 2.20. The van der Waals surface area contributed by atoms with Crippen LogP contribution in [-0.4, -0.2) is 16.1 Å². The summed E-state index contributed by atoms with van der Waals surface area (Å²) in [5.41, 5.74) is 2.31. The molecule has 0 saturated carbocycles. The summed E-state index contributed by atoms with van der Waals surface area (Å²) in [4.78, 5) is 4.50. The van der Waals surface area contributed by atoms with E-state index in [0.29, 0.717) is 6.04 Å². The van der Waals surface area contributed by atoms with Crippen molar-refractivity contribution in [3.8, 4) is 0 Å². The highest BCUT2D eigenvalue weighted by Crippen LogP contribution is 2.28. The van der Waals surface area contributed by atoms with Crippen LogP contribution in [-0.2, 0) is 0 Å². The second-order valence-corrected chi connectivity index (χ2v) is 3.52. The maximum atomic E-state index is 4.50. The molecular formula is C10H11N3. The number of nitrogens with zero attached hydrogens (tertiary/aromatic N) is 2. The molecule has 0 bridgehead atoms. The first-order valence-corrected chi connectivity index (χ1v) is 4.57. The molecular weight excluding hydrogens is 162 g/mol. The molecule has 1 N–H and O–H groups in total. The van der Waals surface area contributed by atoms with Gasteiger partial charge in [0.1, 0.15) is 0 Å². The van der Waals surface area contributed by atoms with Gasteiger partial charge in [-0.3, -0.25) is 0 Å². The zero-order chi connectivity index (χ0) is 8.84. The summed E-state index contributed by atoms with van der Waals surface area (Å²) in [5, 5.41) is 3.29. The summed E-state index contributed by atoms with van der Waals surface area (Å²) >= 11 is 0. The van der Waals surface area contributed by atoms with E-state index >= 15 is 0 Å². The van der Waals surface area contributed by atoms with E-state index in [1.807, 2.05) is 6.07 Å². The van der Waals surface area contributed by atoms with Gasteiger partial charge in [-0.2, -0.15) is 0 Å². The fourth-order valence-electron chi connectivity index (χ4n) is 1.95. The quantitative estimate of drug-likeness (QED) is 0.660. The predicted molar refractivity (Wildman–Crippen MR) is 52.9 cm³/mol. The summed E-state index contributed by atoms with van der Waals surface area (Å²) in [7, 11) is 0. The molecule has 0 amide bonds. The first-order valence-electron chi connectivity index (χ1n) is 4.57. The molecule has 66 valence electrons. The van der Waals surface area contributed by atoms with Crippen LogP contribution < -0.4 is 5.32 Å². The molecule has 0 spiro atoms. The number of rotatable bonds is 0. The Bertz CT molecular complexity index is 458. The molecule has 2 aromatic rings. The second-order valence-electron chi connectivity index (χ2n) is 3.52. The zero-order valence-electron chi connectivity index (χ0n) is 7.49. The van der Waals surface area contributed by atoms with Crippen molar-refractivity contribution >= 4 is 17.0 Å². The van der Waals surface area contributed by atoms with Gasteiger partial charge in [0.2, 0.25) is 5.95 Å². The molecule has 1 atom stereocenters. The van der Waals surface area contributed by atoms with Gasteiger partial charge >= 0.3 is 0 Å². The van der Waals surface area contributed by atoms with E-state index in [1.54, 1.807) is 0 Å². The average molecular weight is 173 g/mol. The van der Waals surface area contributed by atoms with E-state index in [-0.39, 0.29) is 0 Å². The van der Waals surface area contributed by atoms with Crippen LogP contribution in [0, 0.1) is 0 Å². The van der Waals surface area contributed by atoms with Gasteiger partial charge in [0.25, 0.3) is 0 Å². The lowest BCUT2D eigenvalue weighted by atomic mass is 10.3. The Kier molecular flexibility index (Phi) is 1.20.